The number of benzene rings is 1. The van der Waals surface area contributed by atoms with Crippen molar-refractivity contribution < 1.29 is 13.5 Å². The molecule has 0 amide bonds. The van der Waals surface area contributed by atoms with Crippen molar-refractivity contribution in [3.05, 3.63) is 54.1 Å². The second-order valence-electron chi connectivity index (χ2n) is 6.24. The SMILES string of the molecule is C[C@@H](c1ncnn1-c1ncccn1)N(C)c1ncnc2c(OC(F)F)cc(Cl)cc12. The van der Waals surface area contributed by atoms with E-state index in [2.05, 4.69) is 34.8 Å². The number of aromatic nitrogens is 7. The Balaban J connectivity index is 1.77. The molecule has 1 atom stereocenters. The largest absolute Gasteiger partial charge is 0.432 e. The molecule has 9 nitrogen and oxygen atoms in total. The Bertz CT molecular complexity index is 1170. The Morgan fingerprint density at radius 1 is 1.07 bits per heavy atom. The summed E-state index contributed by atoms with van der Waals surface area (Å²) in [4.78, 5) is 23.0. The normalized spacial score (nSPS) is 12.3. The molecule has 0 bridgehead atoms. The number of fused-ring (bicyclic) bond motifs is 1. The first kappa shape index (κ1) is 19.8. The Morgan fingerprint density at radius 3 is 2.57 bits per heavy atom. The Morgan fingerprint density at radius 2 is 1.83 bits per heavy atom. The van der Waals surface area contributed by atoms with Gasteiger partial charge in [0.05, 0.1) is 6.04 Å². The molecule has 4 rings (SSSR count). The quantitative estimate of drug-likeness (QED) is 0.457. The minimum Gasteiger partial charge on any atom is -0.432 e. The van der Waals surface area contributed by atoms with E-state index < -0.39 is 6.61 Å². The van der Waals surface area contributed by atoms with Gasteiger partial charge < -0.3 is 9.64 Å². The van der Waals surface area contributed by atoms with Gasteiger partial charge in [-0.25, -0.2) is 24.9 Å². The first-order chi connectivity index (χ1) is 14.5. The van der Waals surface area contributed by atoms with Crippen LogP contribution in [0, 0.1) is 0 Å². The van der Waals surface area contributed by atoms with Gasteiger partial charge in [-0.1, -0.05) is 11.6 Å². The van der Waals surface area contributed by atoms with Gasteiger partial charge in [-0.15, -0.1) is 0 Å². The molecular weight excluding hydrogens is 418 g/mol. The van der Waals surface area contributed by atoms with Gasteiger partial charge in [0.1, 0.15) is 24.0 Å². The van der Waals surface area contributed by atoms with E-state index in [1.165, 1.54) is 23.4 Å². The molecule has 0 aliphatic heterocycles. The topological polar surface area (TPSA) is 94.7 Å². The molecule has 3 aromatic heterocycles. The summed E-state index contributed by atoms with van der Waals surface area (Å²) in [5, 5.41) is 4.88. The van der Waals surface area contributed by atoms with Crippen LogP contribution in [0.25, 0.3) is 16.9 Å². The van der Waals surface area contributed by atoms with E-state index in [4.69, 9.17) is 11.6 Å². The van der Waals surface area contributed by atoms with Crippen LogP contribution in [0.15, 0.2) is 43.2 Å². The van der Waals surface area contributed by atoms with E-state index >= 15 is 0 Å². The zero-order valence-corrected chi connectivity index (χ0v) is 16.6. The molecule has 1 aromatic carbocycles. The fourth-order valence-electron chi connectivity index (χ4n) is 3.00. The minimum absolute atomic E-state index is 0.127. The first-order valence-electron chi connectivity index (χ1n) is 8.75. The molecule has 0 N–H and O–H groups in total. The lowest BCUT2D eigenvalue weighted by atomic mass is 10.2. The Kier molecular flexibility index (Phi) is 5.36. The van der Waals surface area contributed by atoms with Crippen LogP contribution in [0.3, 0.4) is 0 Å². The summed E-state index contributed by atoms with van der Waals surface area (Å²) in [6.45, 7) is -1.12. The smallest absolute Gasteiger partial charge is 0.387 e. The third-order valence-corrected chi connectivity index (χ3v) is 4.69. The fraction of sp³-hybridized carbons (Fsp3) is 0.222. The van der Waals surface area contributed by atoms with Crippen LogP contribution in [-0.2, 0) is 0 Å². The van der Waals surface area contributed by atoms with Gasteiger partial charge >= 0.3 is 6.61 Å². The molecule has 0 aliphatic rings. The van der Waals surface area contributed by atoms with Crippen LogP contribution in [0.2, 0.25) is 5.02 Å². The minimum atomic E-state index is -3.01. The lowest BCUT2D eigenvalue weighted by molar-refractivity contribution is -0.0489. The molecule has 0 radical (unpaired) electrons. The molecule has 154 valence electrons. The highest BCUT2D eigenvalue weighted by Gasteiger charge is 2.24. The van der Waals surface area contributed by atoms with E-state index in [0.29, 0.717) is 23.0 Å². The number of ether oxygens (including phenoxy) is 1. The molecule has 0 saturated carbocycles. The molecule has 4 aromatic rings. The lowest BCUT2D eigenvalue weighted by Gasteiger charge is -2.26. The highest BCUT2D eigenvalue weighted by molar-refractivity contribution is 6.31. The van der Waals surface area contributed by atoms with E-state index in [9.17, 15) is 8.78 Å². The third-order valence-electron chi connectivity index (χ3n) is 4.47. The van der Waals surface area contributed by atoms with Crippen LogP contribution in [0.1, 0.15) is 18.8 Å². The number of anilines is 1. The first-order valence-corrected chi connectivity index (χ1v) is 9.12. The molecule has 0 saturated heterocycles. The number of halogens is 3. The molecule has 12 heteroatoms. The van der Waals surface area contributed by atoms with Gasteiger partial charge in [-0.3, -0.25) is 0 Å². The van der Waals surface area contributed by atoms with E-state index in [-0.39, 0.29) is 22.3 Å². The average Bonchev–Trinajstić information content (AvgIpc) is 3.22. The van der Waals surface area contributed by atoms with Gasteiger partial charge in [-0.05, 0) is 19.1 Å². The predicted octanol–water partition coefficient (Wildman–Crippen LogP) is 3.45. The number of hydrogen-bond donors (Lipinski definition) is 0. The molecule has 0 aliphatic carbocycles. The van der Waals surface area contributed by atoms with E-state index in [1.807, 2.05) is 6.92 Å². The Labute approximate surface area is 174 Å². The van der Waals surface area contributed by atoms with E-state index in [0.717, 1.165) is 0 Å². The summed E-state index contributed by atoms with van der Waals surface area (Å²) in [6, 6.07) is 4.25. The van der Waals surface area contributed by atoms with Gasteiger partial charge in [0.15, 0.2) is 11.6 Å². The zero-order valence-electron chi connectivity index (χ0n) is 15.8. The van der Waals surface area contributed by atoms with Gasteiger partial charge in [0.25, 0.3) is 5.95 Å². The number of nitrogens with zero attached hydrogens (tertiary/aromatic N) is 8. The van der Waals surface area contributed by atoms with Crippen LogP contribution in [-0.4, -0.2) is 48.4 Å². The third kappa shape index (κ3) is 3.71. The van der Waals surface area contributed by atoms with Crippen molar-refractivity contribution in [1.29, 1.82) is 0 Å². The maximum absolute atomic E-state index is 12.8. The van der Waals surface area contributed by atoms with Crippen LogP contribution in [0.5, 0.6) is 5.75 Å². The summed E-state index contributed by atoms with van der Waals surface area (Å²) < 4.78 is 31.7. The maximum Gasteiger partial charge on any atom is 0.387 e. The van der Waals surface area contributed by atoms with Crippen LogP contribution in [0.4, 0.5) is 14.6 Å². The van der Waals surface area contributed by atoms with Crippen molar-refractivity contribution in [1.82, 2.24) is 34.7 Å². The van der Waals surface area contributed by atoms with Gasteiger partial charge in [0.2, 0.25) is 0 Å². The maximum atomic E-state index is 12.8. The average molecular weight is 433 g/mol. The second-order valence-corrected chi connectivity index (χ2v) is 6.68. The fourth-order valence-corrected chi connectivity index (χ4v) is 3.21. The summed E-state index contributed by atoms with van der Waals surface area (Å²) in [7, 11) is 1.78. The van der Waals surface area contributed by atoms with Crippen LogP contribution < -0.4 is 9.64 Å². The molecule has 30 heavy (non-hydrogen) atoms. The predicted molar refractivity (Wildman–Crippen MR) is 105 cm³/mol. The summed E-state index contributed by atoms with van der Waals surface area (Å²) >= 11 is 6.13. The lowest BCUT2D eigenvalue weighted by Crippen LogP contribution is -2.26. The standard InChI is InChI=1S/C18H15ClF2N8O/c1-10(15-26-9-27-29(15)18-22-4-3-5-23-18)28(2)16-12-6-11(19)7-13(30-17(20)21)14(12)24-8-25-16/h3-10,17H,1-2H3/t10-/m0/s1. The summed E-state index contributed by atoms with van der Waals surface area (Å²) in [6.07, 6.45) is 5.89. The molecule has 0 spiro atoms. The van der Waals surface area contributed by atoms with Crippen molar-refractivity contribution in [2.24, 2.45) is 0 Å². The van der Waals surface area contributed by atoms with Crippen LogP contribution >= 0.6 is 11.6 Å². The van der Waals surface area contributed by atoms with Crippen molar-refractivity contribution in [2.75, 3.05) is 11.9 Å². The van der Waals surface area contributed by atoms with Crippen molar-refractivity contribution in [3.8, 4) is 11.7 Å². The number of hydrogen-bond acceptors (Lipinski definition) is 8. The summed E-state index contributed by atoms with van der Waals surface area (Å²) in [5.41, 5.74) is 0.219. The molecular formula is C18H15ClF2N8O. The van der Waals surface area contributed by atoms with E-state index in [1.54, 1.807) is 36.5 Å². The molecule has 3 heterocycles. The van der Waals surface area contributed by atoms with Crippen molar-refractivity contribution in [3.63, 3.8) is 0 Å². The molecule has 0 fully saturated rings. The van der Waals surface area contributed by atoms with Crippen molar-refractivity contribution in [2.45, 2.75) is 19.6 Å². The highest BCUT2D eigenvalue weighted by Crippen LogP contribution is 2.35. The number of rotatable bonds is 6. The zero-order chi connectivity index (χ0) is 21.3. The monoisotopic (exact) mass is 432 g/mol. The number of alkyl halides is 2. The summed E-state index contributed by atoms with van der Waals surface area (Å²) in [5.74, 6) is 1.26. The second kappa shape index (κ2) is 8.11. The molecule has 0 unspecified atom stereocenters. The van der Waals surface area contributed by atoms with Gasteiger partial charge in [0, 0.05) is 35.9 Å². The Hall–Kier alpha value is -3.47. The van der Waals surface area contributed by atoms with Gasteiger partial charge in [-0.2, -0.15) is 18.6 Å². The highest BCUT2D eigenvalue weighted by atomic mass is 35.5. The van der Waals surface area contributed by atoms with Crippen molar-refractivity contribution >= 4 is 28.3 Å².